The molecule has 0 bridgehead atoms. The van der Waals surface area contributed by atoms with Crippen molar-refractivity contribution in [2.45, 2.75) is 6.92 Å². The number of piperazine rings is 1. The Kier molecular flexibility index (Phi) is 4.74. The van der Waals surface area contributed by atoms with Gasteiger partial charge in [0.25, 0.3) is 0 Å². The summed E-state index contributed by atoms with van der Waals surface area (Å²) < 4.78 is 13.0. The van der Waals surface area contributed by atoms with Crippen LogP contribution in [0, 0.1) is 5.82 Å². The Hall–Kier alpha value is -1.88. The van der Waals surface area contributed by atoms with Crippen molar-refractivity contribution in [2.75, 3.05) is 38.5 Å². The van der Waals surface area contributed by atoms with Crippen molar-refractivity contribution in [1.82, 2.24) is 9.80 Å². The van der Waals surface area contributed by atoms with Gasteiger partial charge in [-0.15, -0.1) is 0 Å². The Labute approximate surface area is 118 Å². The molecule has 0 aromatic heterocycles. The van der Waals surface area contributed by atoms with Gasteiger partial charge < -0.3 is 15.5 Å². The van der Waals surface area contributed by atoms with Crippen LogP contribution in [0.4, 0.5) is 10.1 Å². The van der Waals surface area contributed by atoms with Crippen molar-refractivity contribution in [3.8, 4) is 0 Å². The van der Waals surface area contributed by atoms with Crippen LogP contribution in [0.3, 0.4) is 0 Å². The van der Waals surface area contributed by atoms with E-state index in [2.05, 4.69) is 11.8 Å². The van der Waals surface area contributed by atoms with Gasteiger partial charge in [0.2, 0.25) is 5.91 Å². The number of hydrogen-bond donors (Lipinski definition) is 1. The second-order valence-electron chi connectivity index (χ2n) is 4.87. The van der Waals surface area contributed by atoms with Crippen LogP contribution in [-0.2, 0) is 4.79 Å². The third-order valence-corrected chi connectivity index (χ3v) is 3.57. The van der Waals surface area contributed by atoms with E-state index in [0.717, 1.165) is 38.3 Å². The molecule has 1 aromatic carbocycles. The van der Waals surface area contributed by atoms with Crippen LogP contribution in [-0.4, -0.2) is 48.4 Å². The lowest BCUT2D eigenvalue weighted by atomic mass is 10.2. The predicted octanol–water partition coefficient (Wildman–Crippen LogP) is 1.59. The average molecular weight is 277 g/mol. The molecule has 0 radical (unpaired) electrons. The summed E-state index contributed by atoms with van der Waals surface area (Å²) in [6, 6.07) is 4.43. The molecule has 0 saturated carbocycles. The topological polar surface area (TPSA) is 49.6 Å². The number of amides is 1. The van der Waals surface area contributed by atoms with Crippen molar-refractivity contribution in [3.63, 3.8) is 0 Å². The number of anilines is 1. The molecule has 2 N–H and O–H groups in total. The molecule has 0 unspecified atom stereocenters. The van der Waals surface area contributed by atoms with Crippen molar-refractivity contribution >= 4 is 17.7 Å². The minimum atomic E-state index is -0.441. The molecule has 1 aliphatic rings. The minimum Gasteiger partial charge on any atom is -0.396 e. The lowest BCUT2D eigenvalue weighted by Crippen LogP contribution is -2.48. The first-order valence-electron chi connectivity index (χ1n) is 6.84. The van der Waals surface area contributed by atoms with Gasteiger partial charge in [-0.1, -0.05) is 13.0 Å². The standard InChI is InChI=1S/C15H20FN3O/c1-2-18-7-9-19(10-8-18)15(20)6-4-12-3-5-13(16)14(17)11-12/h3-6,11H,2,7-10,17H2,1H3/b6-4+. The van der Waals surface area contributed by atoms with Gasteiger partial charge in [-0.25, -0.2) is 4.39 Å². The van der Waals surface area contributed by atoms with E-state index in [0.29, 0.717) is 0 Å². The zero-order valence-electron chi connectivity index (χ0n) is 11.7. The molecular formula is C15H20FN3O. The Morgan fingerprint density at radius 3 is 2.65 bits per heavy atom. The third-order valence-electron chi connectivity index (χ3n) is 3.57. The first-order valence-corrected chi connectivity index (χ1v) is 6.84. The Bertz CT molecular complexity index is 508. The fourth-order valence-corrected chi connectivity index (χ4v) is 2.22. The molecule has 1 saturated heterocycles. The van der Waals surface area contributed by atoms with Gasteiger partial charge in [0.15, 0.2) is 0 Å². The van der Waals surface area contributed by atoms with Gasteiger partial charge in [-0.3, -0.25) is 4.79 Å². The maximum absolute atomic E-state index is 13.0. The summed E-state index contributed by atoms with van der Waals surface area (Å²) in [5, 5.41) is 0. The van der Waals surface area contributed by atoms with E-state index >= 15 is 0 Å². The van der Waals surface area contributed by atoms with Crippen LogP contribution >= 0.6 is 0 Å². The summed E-state index contributed by atoms with van der Waals surface area (Å²) in [5.74, 6) is -0.451. The smallest absolute Gasteiger partial charge is 0.246 e. The fraction of sp³-hybridized carbons (Fsp3) is 0.400. The number of likely N-dealkylation sites (N-methyl/N-ethyl adjacent to an activating group) is 1. The monoisotopic (exact) mass is 277 g/mol. The lowest BCUT2D eigenvalue weighted by molar-refractivity contribution is -0.127. The maximum Gasteiger partial charge on any atom is 0.246 e. The van der Waals surface area contributed by atoms with Crippen LogP contribution in [0.2, 0.25) is 0 Å². The van der Waals surface area contributed by atoms with Gasteiger partial charge in [0.1, 0.15) is 5.82 Å². The summed E-state index contributed by atoms with van der Waals surface area (Å²) >= 11 is 0. The zero-order chi connectivity index (χ0) is 14.5. The van der Waals surface area contributed by atoms with Gasteiger partial charge in [-0.2, -0.15) is 0 Å². The number of carbonyl (C=O) groups excluding carboxylic acids is 1. The van der Waals surface area contributed by atoms with Crippen LogP contribution in [0.5, 0.6) is 0 Å². The van der Waals surface area contributed by atoms with Gasteiger partial charge in [-0.05, 0) is 30.3 Å². The highest BCUT2D eigenvalue weighted by molar-refractivity contribution is 5.92. The number of benzene rings is 1. The number of nitrogen functional groups attached to an aromatic ring is 1. The molecular weight excluding hydrogens is 257 g/mol. The van der Waals surface area contributed by atoms with Crippen molar-refractivity contribution < 1.29 is 9.18 Å². The summed E-state index contributed by atoms with van der Waals surface area (Å²) in [4.78, 5) is 16.2. The van der Waals surface area contributed by atoms with E-state index in [1.807, 2.05) is 4.90 Å². The maximum atomic E-state index is 13.0. The van der Waals surface area contributed by atoms with Crippen LogP contribution < -0.4 is 5.73 Å². The largest absolute Gasteiger partial charge is 0.396 e. The summed E-state index contributed by atoms with van der Waals surface area (Å²) in [7, 11) is 0. The minimum absolute atomic E-state index is 0.0105. The molecule has 1 aromatic rings. The van der Waals surface area contributed by atoms with Crippen molar-refractivity contribution in [1.29, 1.82) is 0 Å². The summed E-state index contributed by atoms with van der Waals surface area (Å²) in [6.07, 6.45) is 3.19. The quantitative estimate of drug-likeness (QED) is 0.674. The van der Waals surface area contributed by atoms with Crippen molar-refractivity contribution in [3.05, 3.63) is 35.7 Å². The number of nitrogens with zero attached hydrogens (tertiary/aromatic N) is 2. The fourth-order valence-electron chi connectivity index (χ4n) is 2.22. The number of nitrogens with two attached hydrogens (primary N) is 1. The average Bonchev–Trinajstić information content (AvgIpc) is 2.48. The molecule has 1 amide bonds. The molecule has 2 rings (SSSR count). The summed E-state index contributed by atoms with van der Waals surface area (Å²) in [5.41, 5.74) is 6.31. The highest BCUT2D eigenvalue weighted by Crippen LogP contribution is 2.13. The number of rotatable bonds is 3. The normalized spacial score (nSPS) is 16.8. The van der Waals surface area contributed by atoms with Crippen LogP contribution in [0.1, 0.15) is 12.5 Å². The molecule has 1 fully saturated rings. The molecule has 0 spiro atoms. The Morgan fingerprint density at radius 2 is 2.05 bits per heavy atom. The third kappa shape index (κ3) is 3.57. The second kappa shape index (κ2) is 6.52. The Morgan fingerprint density at radius 1 is 1.35 bits per heavy atom. The molecule has 1 aliphatic heterocycles. The van der Waals surface area contributed by atoms with Gasteiger partial charge in [0, 0.05) is 32.3 Å². The molecule has 108 valence electrons. The van der Waals surface area contributed by atoms with E-state index in [4.69, 9.17) is 5.73 Å². The van der Waals surface area contributed by atoms with E-state index in [1.165, 1.54) is 18.2 Å². The molecule has 1 heterocycles. The summed E-state index contributed by atoms with van der Waals surface area (Å²) in [6.45, 7) is 6.48. The number of carbonyl (C=O) groups is 1. The molecule has 0 aliphatic carbocycles. The molecule has 0 atom stereocenters. The number of hydrogen-bond acceptors (Lipinski definition) is 3. The van der Waals surface area contributed by atoms with Crippen molar-refractivity contribution in [2.24, 2.45) is 0 Å². The van der Waals surface area contributed by atoms with E-state index < -0.39 is 5.82 Å². The van der Waals surface area contributed by atoms with Gasteiger partial charge in [0.05, 0.1) is 5.69 Å². The highest BCUT2D eigenvalue weighted by atomic mass is 19.1. The SMILES string of the molecule is CCN1CCN(C(=O)/C=C/c2ccc(F)c(N)c2)CC1. The number of halogens is 1. The van der Waals surface area contributed by atoms with E-state index in [9.17, 15) is 9.18 Å². The zero-order valence-corrected chi connectivity index (χ0v) is 11.7. The molecule has 20 heavy (non-hydrogen) atoms. The lowest BCUT2D eigenvalue weighted by Gasteiger charge is -2.33. The van der Waals surface area contributed by atoms with E-state index in [-0.39, 0.29) is 11.6 Å². The Balaban J connectivity index is 1.94. The molecule has 4 nitrogen and oxygen atoms in total. The molecule has 5 heteroatoms. The first-order chi connectivity index (χ1) is 9.60. The first kappa shape index (κ1) is 14.5. The van der Waals surface area contributed by atoms with E-state index in [1.54, 1.807) is 12.1 Å². The van der Waals surface area contributed by atoms with Gasteiger partial charge >= 0.3 is 0 Å². The second-order valence-corrected chi connectivity index (χ2v) is 4.87. The predicted molar refractivity (Wildman–Crippen MR) is 78.5 cm³/mol. The van der Waals surface area contributed by atoms with Crippen LogP contribution in [0.15, 0.2) is 24.3 Å². The van der Waals surface area contributed by atoms with Crippen LogP contribution in [0.25, 0.3) is 6.08 Å². The highest BCUT2D eigenvalue weighted by Gasteiger charge is 2.18.